The maximum Gasteiger partial charge on any atom is 0.287 e. The fourth-order valence-electron chi connectivity index (χ4n) is 2.61. The standard InChI is InChI=1S/C17H16ClFN2O4S/c1-17(2)21-16(11-3-5-12(19)6-4-11)15-13(18)7-10(8-14(15)25-17)9-24-26(20,22)23/h3-8H,9H2,1-2H3,(H2,20,22,23). The molecular weight excluding hydrogens is 383 g/mol. The predicted octanol–water partition coefficient (Wildman–Crippen LogP) is 4.40. The molecule has 1 heterocycles. The normalized spacial score (nSPS) is 17.7. The van der Waals surface area contributed by atoms with E-state index in [0.29, 0.717) is 33.2 Å². The fourth-order valence-corrected chi connectivity index (χ4v) is 3.23. The SMILES string of the molecule is CC1(C)N=C(c2ccc(F)cc2)c2c(Cl)cc(COS(=N)(=O)O)cc2O1. The number of hydrogen-bond donors (Lipinski definition) is 2. The van der Waals surface area contributed by atoms with Gasteiger partial charge in [0.1, 0.15) is 11.6 Å². The highest BCUT2D eigenvalue weighted by atomic mass is 35.5. The molecule has 0 bridgehead atoms. The van der Waals surface area contributed by atoms with Crippen LogP contribution in [0.2, 0.25) is 5.02 Å². The smallest absolute Gasteiger partial charge is 0.287 e. The summed E-state index contributed by atoms with van der Waals surface area (Å²) < 4.78 is 50.5. The lowest BCUT2D eigenvalue weighted by Gasteiger charge is -2.31. The van der Waals surface area contributed by atoms with Crippen molar-refractivity contribution in [2.45, 2.75) is 26.2 Å². The first-order chi connectivity index (χ1) is 12.0. The topological polar surface area (TPSA) is 92.0 Å². The molecular formula is C17H16ClFN2O4S. The highest BCUT2D eigenvalue weighted by Crippen LogP contribution is 2.38. The van der Waals surface area contributed by atoms with Gasteiger partial charge in [-0.25, -0.2) is 14.2 Å². The molecule has 0 aliphatic carbocycles. The number of rotatable bonds is 4. The maximum atomic E-state index is 13.3. The van der Waals surface area contributed by atoms with Crippen LogP contribution < -0.4 is 4.74 Å². The van der Waals surface area contributed by atoms with Crippen LogP contribution in [-0.4, -0.2) is 20.2 Å². The molecule has 9 heteroatoms. The Bertz CT molecular complexity index is 989. The third-order valence-electron chi connectivity index (χ3n) is 3.59. The van der Waals surface area contributed by atoms with Crippen LogP contribution in [0.15, 0.2) is 41.4 Å². The predicted molar refractivity (Wildman–Crippen MR) is 96.5 cm³/mol. The molecule has 2 N–H and O–H groups in total. The van der Waals surface area contributed by atoms with Gasteiger partial charge in [-0.1, -0.05) is 11.6 Å². The van der Waals surface area contributed by atoms with Gasteiger partial charge in [0.05, 0.1) is 22.9 Å². The number of fused-ring (bicyclic) bond motifs is 1. The van der Waals surface area contributed by atoms with Gasteiger partial charge in [-0.15, -0.1) is 0 Å². The summed E-state index contributed by atoms with van der Waals surface area (Å²) in [4.78, 5) is 4.57. The second-order valence-electron chi connectivity index (χ2n) is 6.20. The third kappa shape index (κ3) is 4.21. The van der Waals surface area contributed by atoms with E-state index in [0.717, 1.165) is 0 Å². The van der Waals surface area contributed by atoms with Crippen LogP contribution >= 0.6 is 11.6 Å². The van der Waals surface area contributed by atoms with Crippen molar-refractivity contribution in [1.82, 2.24) is 0 Å². The van der Waals surface area contributed by atoms with Crippen LogP contribution in [0.4, 0.5) is 4.39 Å². The molecule has 3 rings (SSSR count). The lowest BCUT2D eigenvalue weighted by Crippen LogP contribution is -2.32. The minimum atomic E-state index is -4.08. The average molecular weight is 399 g/mol. The molecule has 6 nitrogen and oxygen atoms in total. The zero-order valence-electron chi connectivity index (χ0n) is 14.0. The van der Waals surface area contributed by atoms with Crippen LogP contribution in [0.5, 0.6) is 5.75 Å². The van der Waals surface area contributed by atoms with Gasteiger partial charge in [0.15, 0.2) is 5.72 Å². The minimum Gasteiger partial charge on any atom is -0.466 e. The molecule has 0 spiro atoms. The van der Waals surface area contributed by atoms with Crippen molar-refractivity contribution in [1.29, 1.82) is 4.78 Å². The number of benzene rings is 2. The lowest BCUT2D eigenvalue weighted by molar-refractivity contribution is 0.115. The van der Waals surface area contributed by atoms with Crippen LogP contribution in [0.3, 0.4) is 0 Å². The van der Waals surface area contributed by atoms with Crippen molar-refractivity contribution < 1.29 is 22.1 Å². The number of nitrogens with one attached hydrogen (secondary N) is 1. The van der Waals surface area contributed by atoms with Gasteiger partial charge in [-0.05, 0) is 55.8 Å². The molecule has 0 saturated carbocycles. The molecule has 0 fully saturated rings. The van der Waals surface area contributed by atoms with Crippen LogP contribution in [0.1, 0.15) is 30.5 Å². The minimum absolute atomic E-state index is 0.279. The van der Waals surface area contributed by atoms with E-state index < -0.39 is 16.0 Å². The van der Waals surface area contributed by atoms with Gasteiger partial charge in [0, 0.05) is 5.56 Å². The molecule has 0 amide bonds. The van der Waals surface area contributed by atoms with Crippen LogP contribution in [0.25, 0.3) is 0 Å². The first-order valence-electron chi connectivity index (χ1n) is 7.57. The summed E-state index contributed by atoms with van der Waals surface area (Å²) in [5, 5.41) is 0.300. The van der Waals surface area contributed by atoms with E-state index >= 15 is 0 Å². The molecule has 0 radical (unpaired) electrons. The highest BCUT2D eigenvalue weighted by Gasteiger charge is 2.31. The number of halogens is 2. The molecule has 2 aromatic rings. The Kier molecular flexibility index (Phi) is 4.78. The fraction of sp³-hybridized carbons (Fsp3) is 0.235. The molecule has 0 aromatic heterocycles. The summed E-state index contributed by atoms with van der Waals surface area (Å²) >= 11 is 6.40. The van der Waals surface area contributed by atoms with E-state index in [4.69, 9.17) is 25.7 Å². The summed E-state index contributed by atoms with van der Waals surface area (Å²) in [7, 11) is -4.08. The van der Waals surface area contributed by atoms with Gasteiger partial charge >= 0.3 is 0 Å². The van der Waals surface area contributed by atoms with Crippen molar-refractivity contribution in [3.05, 3.63) is 63.9 Å². The number of aliphatic imine (C=N–C) groups is 1. The van der Waals surface area contributed by atoms with E-state index in [1.165, 1.54) is 12.1 Å². The second-order valence-corrected chi connectivity index (χ2v) is 7.80. The van der Waals surface area contributed by atoms with E-state index in [9.17, 15) is 8.60 Å². The van der Waals surface area contributed by atoms with Crippen LogP contribution in [-0.2, 0) is 21.1 Å². The van der Waals surface area contributed by atoms with Gasteiger partial charge in [-0.3, -0.25) is 8.74 Å². The Labute approximate surface area is 155 Å². The second kappa shape index (κ2) is 6.62. The van der Waals surface area contributed by atoms with Gasteiger partial charge in [-0.2, -0.15) is 4.21 Å². The molecule has 0 saturated heterocycles. The largest absolute Gasteiger partial charge is 0.466 e. The van der Waals surface area contributed by atoms with E-state index in [1.807, 2.05) is 0 Å². The molecule has 1 aliphatic rings. The van der Waals surface area contributed by atoms with Crippen molar-refractivity contribution >= 4 is 27.6 Å². The van der Waals surface area contributed by atoms with Gasteiger partial charge in [0.2, 0.25) is 0 Å². The number of ether oxygens (including phenoxy) is 1. The first-order valence-corrected chi connectivity index (χ1v) is 9.39. The van der Waals surface area contributed by atoms with Crippen LogP contribution in [0, 0.1) is 10.6 Å². The van der Waals surface area contributed by atoms with Gasteiger partial charge in [0.25, 0.3) is 10.3 Å². The number of nitrogens with zero attached hydrogens (tertiary/aromatic N) is 1. The molecule has 1 unspecified atom stereocenters. The Morgan fingerprint density at radius 1 is 1.35 bits per heavy atom. The zero-order chi connectivity index (χ0) is 19.1. The quantitative estimate of drug-likeness (QED) is 0.798. The number of hydrogen-bond acceptors (Lipinski definition) is 5. The lowest BCUT2D eigenvalue weighted by atomic mass is 9.97. The Hall–Kier alpha value is -2.00. The van der Waals surface area contributed by atoms with Crippen molar-refractivity contribution in [3.8, 4) is 5.75 Å². The summed E-state index contributed by atoms with van der Waals surface area (Å²) in [5.41, 5.74) is 1.36. The summed E-state index contributed by atoms with van der Waals surface area (Å²) in [6.07, 6.45) is 0. The molecule has 1 aliphatic heterocycles. The van der Waals surface area contributed by atoms with Crippen molar-refractivity contribution in [2.75, 3.05) is 0 Å². The Morgan fingerprint density at radius 3 is 2.62 bits per heavy atom. The molecule has 1 atom stereocenters. The monoisotopic (exact) mass is 398 g/mol. The van der Waals surface area contributed by atoms with E-state index in [1.54, 1.807) is 38.1 Å². The molecule has 26 heavy (non-hydrogen) atoms. The average Bonchev–Trinajstić information content (AvgIpc) is 2.51. The maximum absolute atomic E-state index is 13.3. The first kappa shape index (κ1) is 18.8. The highest BCUT2D eigenvalue weighted by molar-refractivity contribution is 7.82. The Morgan fingerprint density at radius 2 is 2.00 bits per heavy atom. The third-order valence-corrected chi connectivity index (χ3v) is 4.33. The summed E-state index contributed by atoms with van der Waals surface area (Å²) in [6, 6.07) is 9.05. The Balaban J connectivity index is 2.08. The molecule has 138 valence electrons. The van der Waals surface area contributed by atoms with E-state index in [-0.39, 0.29) is 12.4 Å². The van der Waals surface area contributed by atoms with Crippen molar-refractivity contribution in [2.24, 2.45) is 4.99 Å². The summed E-state index contributed by atoms with van der Waals surface area (Å²) in [6.45, 7) is 3.25. The summed E-state index contributed by atoms with van der Waals surface area (Å²) in [5.74, 6) is 0.0623. The zero-order valence-corrected chi connectivity index (χ0v) is 15.5. The molecule has 2 aromatic carbocycles. The van der Waals surface area contributed by atoms with Crippen molar-refractivity contribution in [3.63, 3.8) is 0 Å². The van der Waals surface area contributed by atoms with E-state index in [2.05, 4.69) is 9.18 Å². The van der Waals surface area contributed by atoms with Gasteiger partial charge < -0.3 is 4.74 Å².